The molecule has 0 unspecified atom stereocenters. The van der Waals surface area contributed by atoms with E-state index in [1.807, 2.05) is 0 Å². The van der Waals surface area contributed by atoms with Gasteiger partial charge in [0.15, 0.2) is 0 Å². The summed E-state index contributed by atoms with van der Waals surface area (Å²) in [6.07, 6.45) is 0.709. The molecule has 0 aliphatic rings. The van der Waals surface area contributed by atoms with Gasteiger partial charge in [0, 0.05) is 20.1 Å². The van der Waals surface area contributed by atoms with Crippen LogP contribution in [0.4, 0.5) is 4.79 Å². The van der Waals surface area contributed by atoms with Crippen LogP contribution in [0.2, 0.25) is 0 Å². The van der Waals surface area contributed by atoms with E-state index < -0.39 is 5.97 Å². The molecule has 1 aromatic rings. The van der Waals surface area contributed by atoms with Crippen LogP contribution in [0.5, 0.6) is 0 Å². The Balaban J connectivity index is 2.37. The number of benzene rings is 1. The van der Waals surface area contributed by atoms with E-state index in [0.29, 0.717) is 6.54 Å². The maximum atomic E-state index is 11.8. The SMILES string of the molecule is CN(CCC(=O)O)C(=O)NCCc1ccc(C(C)(C)C)cc1. The lowest BCUT2D eigenvalue weighted by Gasteiger charge is -2.19. The minimum absolute atomic E-state index is 0.0435. The number of carboxylic acid groups (broad SMARTS) is 1. The molecule has 5 heteroatoms. The van der Waals surface area contributed by atoms with E-state index in [9.17, 15) is 9.59 Å². The van der Waals surface area contributed by atoms with Crippen LogP contribution in [-0.4, -0.2) is 42.1 Å². The van der Waals surface area contributed by atoms with Crippen molar-refractivity contribution in [3.8, 4) is 0 Å². The number of amides is 2. The first-order chi connectivity index (χ1) is 10.2. The summed E-state index contributed by atoms with van der Waals surface area (Å²) in [4.78, 5) is 23.6. The fourth-order valence-electron chi connectivity index (χ4n) is 1.99. The number of carbonyl (C=O) groups excluding carboxylic acids is 1. The molecule has 0 saturated carbocycles. The molecule has 0 atom stereocenters. The first kappa shape index (κ1) is 18.0. The Morgan fingerprint density at radius 3 is 2.27 bits per heavy atom. The monoisotopic (exact) mass is 306 g/mol. The Bertz CT molecular complexity index is 504. The number of hydrogen-bond donors (Lipinski definition) is 2. The summed E-state index contributed by atoms with van der Waals surface area (Å²) in [6, 6.07) is 8.17. The van der Waals surface area contributed by atoms with Crippen LogP contribution >= 0.6 is 0 Å². The van der Waals surface area contributed by atoms with Crippen molar-refractivity contribution in [1.29, 1.82) is 0 Å². The van der Waals surface area contributed by atoms with Crippen LogP contribution < -0.4 is 5.32 Å². The zero-order valence-electron chi connectivity index (χ0n) is 13.8. The van der Waals surface area contributed by atoms with Gasteiger partial charge in [0.25, 0.3) is 0 Å². The first-order valence-electron chi connectivity index (χ1n) is 7.50. The number of carbonyl (C=O) groups is 2. The summed E-state index contributed by atoms with van der Waals surface area (Å²) in [6.45, 7) is 7.27. The van der Waals surface area contributed by atoms with E-state index in [4.69, 9.17) is 5.11 Å². The molecular weight excluding hydrogens is 280 g/mol. The lowest BCUT2D eigenvalue weighted by atomic mass is 9.86. The Hall–Kier alpha value is -2.04. The van der Waals surface area contributed by atoms with Gasteiger partial charge in [-0.25, -0.2) is 4.79 Å². The maximum Gasteiger partial charge on any atom is 0.317 e. The first-order valence-corrected chi connectivity index (χ1v) is 7.50. The molecular formula is C17H26N2O3. The fourth-order valence-corrected chi connectivity index (χ4v) is 1.99. The molecule has 122 valence electrons. The normalized spacial score (nSPS) is 11.1. The average Bonchev–Trinajstić information content (AvgIpc) is 2.44. The topological polar surface area (TPSA) is 69.6 Å². The molecule has 1 aromatic carbocycles. The molecule has 5 nitrogen and oxygen atoms in total. The van der Waals surface area contributed by atoms with Crippen molar-refractivity contribution >= 4 is 12.0 Å². The number of rotatable bonds is 6. The van der Waals surface area contributed by atoms with Gasteiger partial charge < -0.3 is 15.3 Å². The summed E-state index contributed by atoms with van der Waals surface area (Å²) < 4.78 is 0. The van der Waals surface area contributed by atoms with Gasteiger partial charge in [-0.1, -0.05) is 45.0 Å². The third kappa shape index (κ3) is 6.16. The Morgan fingerprint density at radius 2 is 1.77 bits per heavy atom. The smallest absolute Gasteiger partial charge is 0.317 e. The molecule has 0 fully saturated rings. The summed E-state index contributed by atoms with van der Waals surface area (Å²) >= 11 is 0. The van der Waals surface area contributed by atoms with Crippen LogP contribution in [0.25, 0.3) is 0 Å². The van der Waals surface area contributed by atoms with Gasteiger partial charge in [0.2, 0.25) is 0 Å². The summed E-state index contributed by atoms with van der Waals surface area (Å²) in [5.74, 6) is -0.904. The summed E-state index contributed by atoms with van der Waals surface area (Å²) in [7, 11) is 1.59. The van der Waals surface area contributed by atoms with Crippen molar-refractivity contribution in [3.63, 3.8) is 0 Å². The fraction of sp³-hybridized carbons (Fsp3) is 0.529. The van der Waals surface area contributed by atoms with E-state index in [2.05, 4.69) is 50.4 Å². The van der Waals surface area contributed by atoms with E-state index in [1.165, 1.54) is 16.0 Å². The maximum absolute atomic E-state index is 11.8. The molecule has 0 spiro atoms. The largest absolute Gasteiger partial charge is 0.481 e. The third-order valence-electron chi connectivity index (χ3n) is 3.52. The molecule has 22 heavy (non-hydrogen) atoms. The van der Waals surface area contributed by atoms with Crippen LogP contribution in [-0.2, 0) is 16.6 Å². The van der Waals surface area contributed by atoms with Gasteiger partial charge in [0.05, 0.1) is 6.42 Å². The minimum atomic E-state index is -0.904. The van der Waals surface area contributed by atoms with Crippen molar-refractivity contribution in [2.45, 2.75) is 39.0 Å². The van der Waals surface area contributed by atoms with Crippen LogP contribution in [0.3, 0.4) is 0 Å². The van der Waals surface area contributed by atoms with Gasteiger partial charge in [-0.15, -0.1) is 0 Å². The Kier molecular flexibility index (Phi) is 6.40. The second-order valence-electron chi connectivity index (χ2n) is 6.49. The molecule has 0 bridgehead atoms. The van der Waals surface area contributed by atoms with E-state index in [-0.39, 0.29) is 24.4 Å². The number of nitrogens with one attached hydrogen (secondary N) is 1. The molecule has 0 saturated heterocycles. The molecule has 0 aromatic heterocycles. The summed E-state index contributed by atoms with van der Waals surface area (Å²) in [5.41, 5.74) is 2.59. The molecule has 0 heterocycles. The molecule has 2 N–H and O–H groups in total. The van der Waals surface area contributed by atoms with Crippen LogP contribution in [0, 0.1) is 0 Å². The van der Waals surface area contributed by atoms with Gasteiger partial charge in [-0.05, 0) is 23.0 Å². The molecule has 1 rings (SSSR count). The minimum Gasteiger partial charge on any atom is -0.481 e. The highest BCUT2D eigenvalue weighted by atomic mass is 16.4. The van der Waals surface area contributed by atoms with Gasteiger partial charge in [-0.3, -0.25) is 4.79 Å². The number of aliphatic carboxylic acids is 1. The van der Waals surface area contributed by atoms with Crippen LogP contribution in [0.1, 0.15) is 38.3 Å². The lowest BCUT2D eigenvalue weighted by Crippen LogP contribution is -2.39. The van der Waals surface area contributed by atoms with Crippen molar-refractivity contribution < 1.29 is 14.7 Å². The second kappa shape index (κ2) is 7.82. The van der Waals surface area contributed by atoms with E-state index in [1.54, 1.807) is 7.05 Å². The molecule has 0 aliphatic heterocycles. The lowest BCUT2D eigenvalue weighted by molar-refractivity contribution is -0.137. The predicted molar refractivity (Wildman–Crippen MR) is 87.1 cm³/mol. The molecule has 2 amide bonds. The van der Waals surface area contributed by atoms with Crippen LogP contribution in [0.15, 0.2) is 24.3 Å². The highest BCUT2D eigenvalue weighted by Gasteiger charge is 2.13. The molecule has 0 aliphatic carbocycles. The van der Waals surface area contributed by atoms with Gasteiger partial charge in [-0.2, -0.15) is 0 Å². The average molecular weight is 306 g/mol. The Labute approximate surface area is 132 Å². The second-order valence-corrected chi connectivity index (χ2v) is 6.49. The van der Waals surface area contributed by atoms with Crippen molar-refractivity contribution in [3.05, 3.63) is 35.4 Å². The number of urea groups is 1. The number of carboxylic acids is 1. The zero-order chi connectivity index (χ0) is 16.8. The third-order valence-corrected chi connectivity index (χ3v) is 3.52. The van der Waals surface area contributed by atoms with Crippen molar-refractivity contribution in [2.75, 3.05) is 20.1 Å². The number of nitrogens with zero attached hydrogens (tertiary/aromatic N) is 1. The predicted octanol–water partition coefficient (Wildman–Crippen LogP) is 2.64. The molecule has 0 radical (unpaired) electrons. The zero-order valence-corrected chi connectivity index (χ0v) is 13.8. The van der Waals surface area contributed by atoms with E-state index in [0.717, 1.165) is 6.42 Å². The van der Waals surface area contributed by atoms with Crippen molar-refractivity contribution in [1.82, 2.24) is 10.2 Å². The van der Waals surface area contributed by atoms with Gasteiger partial charge in [0.1, 0.15) is 0 Å². The van der Waals surface area contributed by atoms with Crippen molar-refractivity contribution in [2.24, 2.45) is 0 Å². The Morgan fingerprint density at radius 1 is 1.18 bits per heavy atom. The van der Waals surface area contributed by atoms with E-state index >= 15 is 0 Å². The standard InChI is InChI=1S/C17H26N2O3/c1-17(2,3)14-7-5-13(6-8-14)9-11-18-16(22)19(4)12-10-15(20)21/h5-8H,9-12H2,1-4H3,(H,18,22)(H,20,21). The highest BCUT2D eigenvalue weighted by Crippen LogP contribution is 2.22. The van der Waals surface area contributed by atoms with Gasteiger partial charge >= 0.3 is 12.0 Å². The highest BCUT2D eigenvalue weighted by molar-refractivity contribution is 5.74. The summed E-state index contributed by atoms with van der Waals surface area (Å²) in [5, 5.41) is 11.4. The quantitative estimate of drug-likeness (QED) is 0.849. The number of hydrogen-bond acceptors (Lipinski definition) is 2.